The average molecular weight is 673 g/mol. The first-order valence-electron chi connectivity index (χ1n) is 15.7. The lowest BCUT2D eigenvalue weighted by molar-refractivity contribution is -0.124. The number of aliphatic hydroxyl groups excluding tert-OH is 1. The Kier molecular flexibility index (Phi) is 11.4. The van der Waals surface area contributed by atoms with Gasteiger partial charge in [-0.25, -0.2) is 4.79 Å². The van der Waals surface area contributed by atoms with Crippen LogP contribution in [0.3, 0.4) is 0 Å². The van der Waals surface area contributed by atoms with E-state index in [0.717, 1.165) is 16.7 Å². The van der Waals surface area contributed by atoms with Crippen LogP contribution in [0.25, 0.3) is 0 Å². The molecule has 1 unspecified atom stereocenters. The van der Waals surface area contributed by atoms with Crippen LogP contribution in [0.4, 0.5) is 5.82 Å². The summed E-state index contributed by atoms with van der Waals surface area (Å²) < 4.78 is 31.3. The van der Waals surface area contributed by atoms with Crippen LogP contribution in [-0.4, -0.2) is 79.3 Å². The van der Waals surface area contributed by atoms with Crippen molar-refractivity contribution in [3.63, 3.8) is 0 Å². The molecule has 49 heavy (non-hydrogen) atoms. The molecule has 2 amide bonds. The number of hydrogen-bond acceptors (Lipinski definition) is 10. The largest absolute Gasteiger partial charge is 0.497 e. The minimum absolute atomic E-state index is 0.0221. The summed E-state index contributed by atoms with van der Waals surface area (Å²) in [7, 11) is 4.70. The van der Waals surface area contributed by atoms with E-state index in [9.17, 15) is 19.5 Å². The van der Waals surface area contributed by atoms with E-state index in [1.807, 2.05) is 78.9 Å². The van der Waals surface area contributed by atoms with Gasteiger partial charge in [-0.05, 0) is 47.0 Å². The molecule has 5 rings (SSSR count). The third-order valence-corrected chi connectivity index (χ3v) is 8.28. The molecule has 0 bridgehead atoms. The van der Waals surface area contributed by atoms with Crippen molar-refractivity contribution < 1.29 is 38.4 Å². The Labute approximate surface area is 283 Å². The lowest BCUT2D eigenvalue weighted by Gasteiger charge is -2.37. The van der Waals surface area contributed by atoms with E-state index in [2.05, 4.69) is 15.6 Å². The zero-order valence-electron chi connectivity index (χ0n) is 27.7. The van der Waals surface area contributed by atoms with Crippen molar-refractivity contribution in [2.45, 2.75) is 43.5 Å². The maximum Gasteiger partial charge on any atom is 0.351 e. The van der Waals surface area contributed by atoms with Gasteiger partial charge in [0.1, 0.15) is 41.2 Å². The Morgan fingerprint density at radius 3 is 2.04 bits per heavy atom. The van der Waals surface area contributed by atoms with Gasteiger partial charge in [-0.1, -0.05) is 54.6 Å². The van der Waals surface area contributed by atoms with E-state index in [0.29, 0.717) is 11.5 Å². The number of hydrogen-bond donors (Lipinski definition) is 3. The second kappa shape index (κ2) is 15.9. The zero-order valence-corrected chi connectivity index (χ0v) is 27.7. The highest BCUT2D eigenvalue weighted by atomic mass is 16.6. The van der Waals surface area contributed by atoms with Crippen LogP contribution in [0.2, 0.25) is 0 Å². The van der Waals surface area contributed by atoms with Crippen molar-refractivity contribution in [1.29, 1.82) is 0 Å². The van der Waals surface area contributed by atoms with Gasteiger partial charge in [0.25, 0.3) is 0 Å². The molecule has 0 spiro atoms. The Morgan fingerprint density at radius 1 is 0.918 bits per heavy atom. The third-order valence-electron chi connectivity index (χ3n) is 8.28. The van der Waals surface area contributed by atoms with E-state index in [1.54, 1.807) is 14.2 Å². The quantitative estimate of drug-likeness (QED) is 0.170. The predicted octanol–water partition coefficient (Wildman–Crippen LogP) is 3.01. The van der Waals surface area contributed by atoms with Crippen molar-refractivity contribution in [2.75, 3.05) is 39.8 Å². The number of aromatic nitrogens is 2. The third kappa shape index (κ3) is 7.81. The number of nitrogens with one attached hydrogen (secondary N) is 2. The highest BCUT2D eigenvalue weighted by molar-refractivity contribution is 5.87. The van der Waals surface area contributed by atoms with Gasteiger partial charge in [-0.15, -0.1) is 0 Å². The summed E-state index contributed by atoms with van der Waals surface area (Å²) >= 11 is 0. The molecule has 4 atom stereocenters. The van der Waals surface area contributed by atoms with Crippen LogP contribution < -0.4 is 25.8 Å². The molecule has 3 N–H and O–H groups in total. The molecule has 1 saturated heterocycles. The molecule has 0 aliphatic carbocycles. The van der Waals surface area contributed by atoms with Crippen LogP contribution in [0.15, 0.2) is 95.9 Å². The number of amides is 2. The van der Waals surface area contributed by atoms with Crippen LogP contribution in [-0.2, 0) is 29.4 Å². The molecule has 1 aromatic heterocycles. The van der Waals surface area contributed by atoms with Gasteiger partial charge >= 0.3 is 5.69 Å². The molecule has 0 radical (unpaired) electrons. The zero-order chi connectivity index (χ0) is 35.0. The summed E-state index contributed by atoms with van der Waals surface area (Å²) in [6.45, 7) is 1.11. The van der Waals surface area contributed by atoms with Gasteiger partial charge in [-0.3, -0.25) is 14.2 Å². The molecule has 2 heterocycles. The second-order valence-electron chi connectivity index (χ2n) is 11.3. The van der Waals surface area contributed by atoms with E-state index < -0.39 is 35.8 Å². The lowest BCUT2D eigenvalue weighted by atomic mass is 9.80. The number of aliphatic hydroxyl groups is 1. The SMILES string of the molecule is CNC(=O)CCO[C@H]1C(O)[C@@H](COC(c2ccccc2)(c2ccc(OC)cc2)c2ccc(OC)cc2)O[C@H]1n1ccc(NC(C)=O)nc1=O. The maximum atomic E-state index is 13.1. The number of carbonyl (C=O) groups is 2. The number of benzene rings is 3. The van der Waals surface area contributed by atoms with Crippen molar-refractivity contribution in [3.8, 4) is 11.5 Å². The van der Waals surface area contributed by atoms with Gasteiger partial charge in [0.15, 0.2) is 6.23 Å². The van der Waals surface area contributed by atoms with Crippen LogP contribution >= 0.6 is 0 Å². The fourth-order valence-electron chi connectivity index (χ4n) is 5.81. The fraction of sp³-hybridized carbons (Fsp3) is 0.333. The van der Waals surface area contributed by atoms with E-state index in [1.165, 1.54) is 30.8 Å². The molecule has 3 aromatic carbocycles. The van der Waals surface area contributed by atoms with Crippen LogP contribution in [0, 0.1) is 0 Å². The summed E-state index contributed by atoms with van der Waals surface area (Å²) in [4.78, 5) is 40.5. The molecule has 1 aliphatic heterocycles. The van der Waals surface area contributed by atoms with Crippen molar-refractivity contribution in [1.82, 2.24) is 14.9 Å². The number of nitrogens with zero attached hydrogens (tertiary/aromatic N) is 2. The van der Waals surface area contributed by atoms with E-state index in [-0.39, 0.29) is 37.3 Å². The normalized spacial score (nSPS) is 18.9. The Morgan fingerprint density at radius 2 is 1.51 bits per heavy atom. The minimum Gasteiger partial charge on any atom is -0.497 e. The molecule has 13 nitrogen and oxygen atoms in total. The highest BCUT2D eigenvalue weighted by Gasteiger charge is 2.48. The molecule has 1 fully saturated rings. The number of rotatable bonds is 14. The molecule has 0 saturated carbocycles. The highest BCUT2D eigenvalue weighted by Crippen LogP contribution is 2.43. The van der Waals surface area contributed by atoms with Gasteiger partial charge in [-0.2, -0.15) is 4.98 Å². The smallest absolute Gasteiger partial charge is 0.351 e. The van der Waals surface area contributed by atoms with Gasteiger partial charge < -0.3 is 39.4 Å². The average Bonchev–Trinajstić information content (AvgIpc) is 3.43. The number of ether oxygens (including phenoxy) is 5. The molecule has 13 heteroatoms. The first-order valence-corrected chi connectivity index (χ1v) is 15.7. The standard InChI is InChI=1S/C36H40N4O9/c1-23(41)38-30-18-20-40(35(44)39-30)34-33(47-21-19-31(42)37-2)32(43)29(49-34)22-48-36(24-8-6-5-7-9-24,25-10-14-27(45-3)15-11-25)26-12-16-28(46-4)17-13-26/h5-18,20,29,32-34,43H,19,21-22H2,1-4H3,(H,37,42)(H,38,39,41,44)/t29-,32?,33+,34-/m1/s1. The first kappa shape index (κ1) is 35.2. The Bertz CT molecular complexity index is 1720. The van der Waals surface area contributed by atoms with Crippen molar-refractivity contribution in [2.24, 2.45) is 0 Å². The fourth-order valence-corrected chi connectivity index (χ4v) is 5.81. The molecule has 4 aromatic rings. The number of anilines is 1. The van der Waals surface area contributed by atoms with Gasteiger partial charge in [0.05, 0.1) is 27.4 Å². The van der Waals surface area contributed by atoms with E-state index in [4.69, 9.17) is 23.7 Å². The molecular formula is C36H40N4O9. The second-order valence-corrected chi connectivity index (χ2v) is 11.3. The maximum absolute atomic E-state index is 13.1. The summed E-state index contributed by atoms with van der Waals surface area (Å²) in [6.07, 6.45) is -3.05. The predicted molar refractivity (Wildman–Crippen MR) is 179 cm³/mol. The topological polar surface area (TPSA) is 159 Å². The minimum atomic E-state index is -1.28. The summed E-state index contributed by atoms with van der Waals surface area (Å²) in [5.74, 6) is 0.752. The summed E-state index contributed by atoms with van der Waals surface area (Å²) in [6, 6.07) is 26.1. The lowest BCUT2D eigenvalue weighted by Crippen LogP contribution is -2.41. The Balaban J connectivity index is 1.53. The first-order chi connectivity index (χ1) is 23.7. The van der Waals surface area contributed by atoms with E-state index >= 15 is 0 Å². The summed E-state index contributed by atoms with van der Waals surface area (Å²) in [5.41, 5.74) is 0.429. The van der Waals surface area contributed by atoms with Crippen molar-refractivity contribution in [3.05, 3.63) is 118 Å². The number of carbonyl (C=O) groups excluding carboxylic acids is 2. The van der Waals surface area contributed by atoms with Gasteiger partial charge in [0.2, 0.25) is 11.8 Å². The summed E-state index contributed by atoms with van der Waals surface area (Å²) in [5, 5.41) is 16.7. The Hall–Kier alpha value is -5.08. The monoisotopic (exact) mass is 672 g/mol. The molecule has 258 valence electrons. The van der Waals surface area contributed by atoms with Gasteiger partial charge in [0, 0.05) is 26.6 Å². The van der Waals surface area contributed by atoms with Crippen molar-refractivity contribution >= 4 is 17.6 Å². The molecule has 1 aliphatic rings. The molecular weight excluding hydrogens is 632 g/mol. The van der Waals surface area contributed by atoms with Crippen LogP contribution in [0.5, 0.6) is 11.5 Å². The number of methoxy groups -OCH3 is 2. The van der Waals surface area contributed by atoms with Crippen LogP contribution in [0.1, 0.15) is 36.3 Å².